The number of aromatic nitrogens is 2. The number of fused-ring (bicyclic) bond motifs is 1. The molecule has 4 rings (SSSR count). The van der Waals surface area contributed by atoms with Crippen LogP contribution in [0.4, 0.5) is 4.39 Å². The molecule has 1 saturated carbocycles. The molecule has 0 spiro atoms. The Morgan fingerprint density at radius 2 is 1.96 bits per heavy atom. The summed E-state index contributed by atoms with van der Waals surface area (Å²) in [6.45, 7) is 3.40. The van der Waals surface area contributed by atoms with Crippen LogP contribution in [0.15, 0.2) is 48.5 Å². The van der Waals surface area contributed by atoms with Crippen molar-refractivity contribution in [3.63, 3.8) is 0 Å². The second kappa shape index (κ2) is 6.56. The number of carbonyl (C=O) groups is 1. The molecule has 0 saturated heterocycles. The predicted octanol–water partition coefficient (Wildman–Crippen LogP) is 3.96. The van der Waals surface area contributed by atoms with Gasteiger partial charge in [-0.25, -0.2) is 9.37 Å². The number of aryl methyl sites for hydroxylation is 1. The number of rotatable bonds is 5. The summed E-state index contributed by atoms with van der Waals surface area (Å²) < 4.78 is 15.2. The average Bonchev–Trinajstić information content (AvgIpc) is 3.36. The van der Waals surface area contributed by atoms with Gasteiger partial charge in [0.25, 0.3) is 0 Å². The Morgan fingerprint density at radius 1 is 1.23 bits per heavy atom. The van der Waals surface area contributed by atoms with Gasteiger partial charge in [0.05, 0.1) is 17.6 Å². The largest absolute Gasteiger partial charge is 0.338 e. The van der Waals surface area contributed by atoms with Crippen LogP contribution in [0.5, 0.6) is 0 Å². The van der Waals surface area contributed by atoms with Gasteiger partial charge in [0, 0.05) is 19.5 Å². The lowest BCUT2D eigenvalue weighted by Crippen LogP contribution is -2.29. The van der Waals surface area contributed by atoms with Crippen molar-refractivity contribution in [3.05, 3.63) is 65.7 Å². The van der Waals surface area contributed by atoms with Gasteiger partial charge in [0.1, 0.15) is 11.6 Å². The zero-order valence-electron chi connectivity index (χ0n) is 15.0. The van der Waals surface area contributed by atoms with E-state index in [0.717, 1.165) is 35.4 Å². The number of benzene rings is 2. The number of imidazole rings is 1. The fourth-order valence-electron chi connectivity index (χ4n) is 3.72. The van der Waals surface area contributed by atoms with Gasteiger partial charge in [-0.05, 0) is 49.1 Å². The summed E-state index contributed by atoms with van der Waals surface area (Å²) in [5.74, 6) is 0.992. The number of hydrogen-bond acceptors (Lipinski definition) is 2. The maximum atomic E-state index is 13.1. The second-order valence-electron chi connectivity index (χ2n) is 6.96. The van der Waals surface area contributed by atoms with Crippen LogP contribution in [0.1, 0.15) is 30.7 Å². The first-order valence-electron chi connectivity index (χ1n) is 9.03. The highest BCUT2D eigenvalue weighted by molar-refractivity contribution is 5.83. The number of carbonyl (C=O) groups excluding carboxylic acids is 1. The molecule has 5 heteroatoms. The van der Waals surface area contributed by atoms with Crippen LogP contribution < -0.4 is 0 Å². The maximum absolute atomic E-state index is 13.1. The maximum Gasteiger partial charge on any atom is 0.226 e. The Morgan fingerprint density at radius 3 is 2.69 bits per heavy atom. The molecule has 0 aliphatic heterocycles. The number of hydrogen-bond donors (Lipinski definition) is 0. The Labute approximate surface area is 152 Å². The summed E-state index contributed by atoms with van der Waals surface area (Å²) in [7, 11) is 1.84. The quantitative estimate of drug-likeness (QED) is 0.698. The van der Waals surface area contributed by atoms with Gasteiger partial charge < -0.3 is 9.47 Å². The highest BCUT2D eigenvalue weighted by Crippen LogP contribution is 2.48. The molecule has 1 amide bonds. The molecule has 1 aromatic heterocycles. The third kappa shape index (κ3) is 2.98. The zero-order chi connectivity index (χ0) is 18.3. The van der Waals surface area contributed by atoms with Crippen LogP contribution in [0.2, 0.25) is 0 Å². The predicted molar refractivity (Wildman–Crippen MR) is 99.1 cm³/mol. The van der Waals surface area contributed by atoms with Crippen LogP contribution in [0.25, 0.3) is 11.0 Å². The highest BCUT2D eigenvalue weighted by Gasteiger charge is 2.45. The van der Waals surface area contributed by atoms with E-state index in [-0.39, 0.29) is 23.6 Å². The Hall–Kier alpha value is -2.69. The minimum Gasteiger partial charge on any atom is -0.338 e. The number of nitrogens with zero attached hydrogens (tertiary/aromatic N) is 3. The highest BCUT2D eigenvalue weighted by atomic mass is 19.1. The normalized spacial score (nSPS) is 18.9. The summed E-state index contributed by atoms with van der Waals surface area (Å²) >= 11 is 0. The summed E-state index contributed by atoms with van der Waals surface area (Å²) in [6, 6.07) is 14.5. The Kier molecular flexibility index (Phi) is 4.23. The van der Waals surface area contributed by atoms with E-state index in [0.29, 0.717) is 6.54 Å². The Bertz CT molecular complexity index is 948. The van der Waals surface area contributed by atoms with E-state index in [9.17, 15) is 9.18 Å². The van der Waals surface area contributed by atoms with Crippen molar-refractivity contribution in [1.29, 1.82) is 0 Å². The fraction of sp³-hybridized carbons (Fsp3) is 0.333. The standard InChI is InChI=1S/C21H22FN3O/c1-3-25-19-7-5-4-6-18(19)23-20(25)13-24(2)21(26)17-12-16(17)14-8-10-15(22)11-9-14/h4-11,16-17H,3,12-13H2,1-2H3. The molecule has 0 bridgehead atoms. The lowest BCUT2D eigenvalue weighted by Gasteiger charge is -2.18. The van der Waals surface area contributed by atoms with E-state index >= 15 is 0 Å². The first-order valence-corrected chi connectivity index (χ1v) is 9.03. The average molecular weight is 351 g/mol. The summed E-state index contributed by atoms with van der Waals surface area (Å²) in [5.41, 5.74) is 3.10. The monoisotopic (exact) mass is 351 g/mol. The van der Waals surface area contributed by atoms with Crippen LogP contribution in [0, 0.1) is 11.7 Å². The number of halogens is 1. The minimum absolute atomic E-state index is 0.00934. The van der Waals surface area contributed by atoms with Crippen molar-refractivity contribution in [2.24, 2.45) is 5.92 Å². The molecule has 0 radical (unpaired) electrons. The zero-order valence-corrected chi connectivity index (χ0v) is 15.0. The molecule has 3 aromatic rings. The first kappa shape index (κ1) is 16.8. The molecule has 2 aromatic carbocycles. The van der Waals surface area contributed by atoms with Crippen LogP contribution in [0.3, 0.4) is 0 Å². The summed E-state index contributed by atoms with van der Waals surface area (Å²) in [5, 5.41) is 0. The Balaban J connectivity index is 1.48. The molecular weight excluding hydrogens is 329 g/mol. The molecule has 26 heavy (non-hydrogen) atoms. The molecular formula is C21H22FN3O. The molecule has 1 aliphatic carbocycles. The van der Waals surface area contributed by atoms with Gasteiger partial charge in [-0.3, -0.25) is 4.79 Å². The van der Waals surface area contributed by atoms with Crippen molar-refractivity contribution in [3.8, 4) is 0 Å². The minimum atomic E-state index is -0.243. The van der Waals surface area contributed by atoms with E-state index < -0.39 is 0 Å². The number of para-hydroxylation sites is 2. The fourth-order valence-corrected chi connectivity index (χ4v) is 3.72. The van der Waals surface area contributed by atoms with Crippen molar-refractivity contribution in [2.75, 3.05) is 7.05 Å². The van der Waals surface area contributed by atoms with Crippen LogP contribution in [-0.4, -0.2) is 27.4 Å². The van der Waals surface area contributed by atoms with Gasteiger partial charge in [0.2, 0.25) is 5.91 Å². The summed E-state index contributed by atoms with van der Waals surface area (Å²) in [6.07, 6.45) is 0.832. The van der Waals surface area contributed by atoms with Gasteiger partial charge in [-0.1, -0.05) is 24.3 Å². The lowest BCUT2D eigenvalue weighted by molar-refractivity contribution is -0.132. The van der Waals surface area contributed by atoms with Gasteiger partial charge in [0.15, 0.2) is 0 Å². The molecule has 1 aliphatic rings. The number of amides is 1. The molecule has 4 nitrogen and oxygen atoms in total. The SMILES string of the molecule is CCn1c(CN(C)C(=O)C2CC2c2ccc(F)cc2)nc2ccccc21. The molecule has 1 heterocycles. The molecule has 2 atom stereocenters. The topological polar surface area (TPSA) is 38.1 Å². The van der Waals surface area contributed by atoms with E-state index in [4.69, 9.17) is 4.98 Å². The van der Waals surface area contributed by atoms with Crippen molar-refractivity contribution in [2.45, 2.75) is 32.4 Å². The van der Waals surface area contributed by atoms with Crippen molar-refractivity contribution >= 4 is 16.9 Å². The third-order valence-corrected chi connectivity index (χ3v) is 5.21. The lowest BCUT2D eigenvalue weighted by atomic mass is 10.1. The molecule has 1 fully saturated rings. The van der Waals surface area contributed by atoms with Gasteiger partial charge in [-0.2, -0.15) is 0 Å². The third-order valence-electron chi connectivity index (χ3n) is 5.21. The molecule has 134 valence electrons. The van der Waals surface area contributed by atoms with E-state index in [1.807, 2.05) is 25.2 Å². The van der Waals surface area contributed by atoms with Crippen LogP contribution >= 0.6 is 0 Å². The molecule has 0 N–H and O–H groups in total. The van der Waals surface area contributed by atoms with Gasteiger partial charge in [-0.15, -0.1) is 0 Å². The van der Waals surface area contributed by atoms with Crippen molar-refractivity contribution < 1.29 is 9.18 Å². The van der Waals surface area contributed by atoms with E-state index in [1.54, 1.807) is 17.0 Å². The smallest absolute Gasteiger partial charge is 0.226 e. The van der Waals surface area contributed by atoms with Crippen LogP contribution in [-0.2, 0) is 17.9 Å². The first-order chi connectivity index (χ1) is 12.6. The summed E-state index contributed by atoms with van der Waals surface area (Å²) in [4.78, 5) is 19.3. The van der Waals surface area contributed by atoms with E-state index in [2.05, 4.69) is 17.6 Å². The van der Waals surface area contributed by atoms with Crippen molar-refractivity contribution in [1.82, 2.24) is 14.5 Å². The second-order valence-corrected chi connectivity index (χ2v) is 6.96. The molecule has 2 unspecified atom stereocenters. The van der Waals surface area contributed by atoms with Gasteiger partial charge >= 0.3 is 0 Å². The van der Waals surface area contributed by atoms with E-state index in [1.165, 1.54) is 12.1 Å².